The second-order valence-corrected chi connectivity index (χ2v) is 7.90. The van der Waals surface area contributed by atoms with Crippen LogP contribution in [0.15, 0.2) is 23.1 Å². The van der Waals surface area contributed by atoms with Crippen LogP contribution in [0.2, 0.25) is 0 Å². The van der Waals surface area contributed by atoms with E-state index >= 15 is 0 Å². The van der Waals surface area contributed by atoms with E-state index in [1.807, 2.05) is 26.0 Å². The summed E-state index contributed by atoms with van der Waals surface area (Å²) >= 11 is 1.57. The summed E-state index contributed by atoms with van der Waals surface area (Å²) in [6.45, 7) is 8.13. The minimum absolute atomic E-state index is 0.0690. The van der Waals surface area contributed by atoms with Gasteiger partial charge in [0.05, 0.1) is 0 Å². The zero-order valence-electron chi connectivity index (χ0n) is 13.6. The minimum Gasteiger partial charge on any atom is -0.450 e. The number of esters is 1. The van der Waals surface area contributed by atoms with Crippen LogP contribution in [0.25, 0.3) is 0 Å². The van der Waals surface area contributed by atoms with E-state index in [4.69, 9.17) is 16.9 Å². The summed E-state index contributed by atoms with van der Waals surface area (Å²) in [6.07, 6.45) is 6.23. The maximum Gasteiger partial charge on any atom is 0.324 e. The minimum atomic E-state index is -0.575. The molecule has 3 nitrogen and oxygen atoms in total. The van der Waals surface area contributed by atoms with Gasteiger partial charge < -0.3 is 10.5 Å². The Kier molecular flexibility index (Phi) is 4.89. The number of rotatable bonds is 3. The fourth-order valence-corrected chi connectivity index (χ4v) is 4.04. The van der Waals surface area contributed by atoms with Gasteiger partial charge in [-0.05, 0) is 35.1 Å². The first-order valence-corrected chi connectivity index (χ1v) is 8.36. The molecular formula is C18H23NO2S. The van der Waals surface area contributed by atoms with Gasteiger partial charge in [-0.3, -0.25) is 4.79 Å². The lowest BCUT2D eigenvalue weighted by atomic mass is 9.80. The van der Waals surface area contributed by atoms with Gasteiger partial charge in [0, 0.05) is 16.9 Å². The van der Waals surface area contributed by atoms with Crippen LogP contribution in [0, 0.1) is 18.3 Å². The van der Waals surface area contributed by atoms with Crippen molar-refractivity contribution in [2.24, 2.45) is 11.7 Å². The van der Waals surface area contributed by atoms with Gasteiger partial charge in [0.15, 0.2) is 5.44 Å². The van der Waals surface area contributed by atoms with Gasteiger partial charge >= 0.3 is 5.97 Å². The molecule has 0 saturated carbocycles. The average molecular weight is 317 g/mol. The van der Waals surface area contributed by atoms with E-state index in [0.29, 0.717) is 0 Å². The predicted molar refractivity (Wildman–Crippen MR) is 90.6 cm³/mol. The third-order valence-electron chi connectivity index (χ3n) is 4.05. The van der Waals surface area contributed by atoms with Gasteiger partial charge in [0.1, 0.15) is 6.04 Å². The van der Waals surface area contributed by atoms with E-state index < -0.39 is 6.04 Å². The molecule has 0 aliphatic carbocycles. The molecule has 1 aromatic rings. The van der Waals surface area contributed by atoms with Crippen molar-refractivity contribution >= 4 is 17.7 Å². The van der Waals surface area contributed by atoms with E-state index in [0.717, 1.165) is 16.9 Å². The largest absolute Gasteiger partial charge is 0.450 e. The van der Waals surface area contributed by atoms with Gasteiger partial charge in [-0.25, -0.2) is 0 Å². The lowest BCUT2D eigenvalue weighted by Gasteiger charge is -2.37. The van der Waals surface area contributed by atoms with Gasteiger partial charge in [0.25, 0.3) is 0 Å². The highest BCUT2D eigenvalue weighted by molar-refractivity contribution is 7.99. The Hall–Kier alpha value is -1.44. The summed E-state index contributed by atoms with van der Waals surface area (Å²) in [4.78, 5) is 13.2. The first kappa shape index (κ1) is 16.9. The third kappa shape index (κ3) is 3.48. The van der Waals surface area contributed by atoms with E-state index in [1.54, 1.807) is 11.8 Å². The Morgan fingerprint density at radius 1 is 1.50 bits per heavy atom. The first-order valence-electron chi connectivity index (χ1n) is 7.48. The molecule has 2 atom stereocenters. The monoisotopic (exact) mass is 317 g/mol. The number of nitrogens with two attached hydrogens (primary N) is 1. The highest BCUT2D eigenvalue weighted by atomic mass is 32.2. The average Bonchev–Trinajstić information content (AvgIpc) is 2.45. The van der Waals surface area contributed by atoms with Crippen molar-refractivity contribution in [3.63, 3.8) is 0 Å². The highest BCUT2D eigenvalue weighted by Gasteiger charge is 2.36. The molecule has 0 radical (unpaired) electrons. The van der Waals surface area contributed by atoms with Crippen LogP contribution in [-0.2, 0) is 14.9 Å². The Morgan fingerprint density at radius 2 is 2.18 bits per heavy atom. The number of carbonyl (C=O) groups excluding carboxylic acids is 1. The lowest BCUT2D eigenvalue weighted by molar-refractivity contribution is -0.148. The maximum absolute atomic E-state index is 12.1. The number of hydrogen-bond acceptors (Lipinski definition) is 4. The molecule has 0 amide bonds. The quantitative estimate of drug-likeness (QED) is 0.686. The van der Waals surface area contributed by atoms with Crippen molar-refractivity contribution in [1.29, 1.82) is 0 Å². The van der Waals surface area contributed by atoms with Crippen molar-refractivity contribution in [3.05, 3.63) is 29.3 Å². The first-order chi connectivity index (χ1) is 10.2. The van der Waals surface area contributed by atoms with Crippen molar-refractivity contribution in [3.8, 4) is 12.3 Å². The van der Waals surface area contributed by atoms with Crippen LogP contribution in [0.1, 0.15) is 45.2 Å². The van der Waals surface area contributed by atoms with Crippen LogP contribution in [-0.4, -0.2) is 17.4 Å². The molecule has 1 unspecified atom stereocenters. The van der Waals surface area contributed by atoms with E-state index in [-0.39, 0.29) is 22.7 Å². The number of ether oxygens (including phenoxy) is 1. The summed E-state index contributed by atoms with van der Waals surface area (Å²) in [7, 11) is 0. The molecule has 1 aliphatic rings. The van der Waals surface area contributed by atoms with Crippen LogP contribution >= 0.6 is 11.8 Å². The number of carbonyl (C=O) groups is 1. The van der Waals surface area contributed by atoms with Gasteiger partial charge in [-0.1, -0.05) is 45.4 Å². The zero-order valence-corrected chi connectivity index (χ0v) is 14.4. The molecule has 1 heterocycles. The number of thioether (sulfide) groups is 1. The Balaban J connectivity index is 2.20. The Bertz CT molecular complexity index is 616. The fourth-order valence-electron chi connectivity index (χ4n) is 2.51. The molecule has 1 aromatic carbocycles. The Morgan fingerprint density at radius 3 is 2.77 bits per heavy atom. The second kappa shape index (κ2) is 6.36. The maximum atomic E-state index is 12.1. The number of hydrogen-bond donors (Lipinski definition) is 1. The number of fused-ring (bicyclic) bond motifs is 1. The van der Waals surface area contributed by atoms with Crippen molar-refractivity contribution in [1.82, 2.24) is 0 Å². The topological polar surface area (TPSA) is 52.3 Å². The van der Waals surface area contributed by atoms with Crippen LogP contribution in [0.3, 0.4) is 0 Å². The molecule has 2 N–H and O–H groups in total. The standard InChI is InChI=1S/C18H23NO2S/c1-6-12-7-8-14-13(9-12)18(4,5)10-15(22-14)21-17(20)16(19)11(2)3/h1,7-9,11,15-16H,10,19H2,2-5H3/t15?,16-/m0/s1. The van der Waals surface area contributed by atoms with Crippen molar-refractivity contribution < 1.29 is 9.53 Å². The molecule has 0 spiro atoms. The fraction of sp³-hybridized carbons (Fsp3) is 0.500. The lowest BCUT2D eigenvalue weighted by Crippen LogP contribution is -2.40. The number of terminal acetylenes is 1. The normalized spacial score (nSPS) is 20.9. The number of benzene rings is 1. The van der Waals surface area contributed by atoms with Gasteiger partial charge in [0.2, 0.25) is 0 Å². The molecule has 2 rings (SSSR count). The Labute approximate surface area is 137 Å². The zero-order chi connectivity index (χ0) is 16.5. The van der Waals surface area contributed by atoms with Crippen molar-refractivity contribution in [2.75, 3.05) is 0 Å². The van der Waals surface area contributed by atoms with Crippen LogP contribution < -0.4 is 5.73 Å². The summed E-state index contributed by atoms with van der Waals surface area (Å²) in [5.74, 6) is 2.42. The van der Waals surface area contributed by atoms with Crippen LogP contribution in [0.4, 0.5) is 0 Å². The predicted octanol–water partition coefficient (Wildman–Crippen LogP) is 3.29. The molecule has 4 heteroatoms. The third-order valence-corrected chi connectivity index (χ3v) is 5.18. The molecular weight excluding hydrogens is 294 g/mol. The summed E-state index contributed by atoms with van der Waals surface area (Å²) in [5, 5.41) is 0. The van der Waals surface area contributed by atoms with E-state index in [9.17, 15) is 4.79 Å². The molecule has 0 bridgehead atoms. The van der Waals surface area contributed by atoms with Gasteiger partial charge in [-0.2, -0.15) is 0 Å². The molecule has 1 aliphatic heterocycles. The second-order valence-electron chi connectivity index (χ2n) is 6.70. The highest BCUT2D eigenvalue weighted by Crippen LogP contribution is 2.46. The van der Waals surface area contributed by atoms with Crippen molar-refractivity contribution in [2.45, 2.75) is 55.9 Å². The molecule has 22 heavy (non-hydrogen) atoms. The summed E-state index contributed by atoms with van der Waals surface area (Å²) in [6, 6.07) is 5.42. The molecule has 0 saturated heterocycles. The molecule has 0 fully saturated rings. The molecule has 118 valence electrons. The van der Waals surface area contributed by atoms with Crippen LogP contribution in [0.5, 0.6) is 0 Å². The summed E-state index contributed by atoms with van der Waals surface area (Å²) < 4.78 is 5.62. The van der Waals surface area contributed by atoms with E-state index in [1.165, 1.54) is 5.56 Å². The van der Waals surface area contributed by atoms with E-state index in [2.05, 4.69) is 25.8 Å². The summed E-state index contributed by atoms with van der Waals surface area (Å²) in [5.41, 5.74) is 7.66. The smallest absolute Gasteiger partial charge is 0.324 e. The van der Waals surface area contributed by atoms with Gasteiger partial charge in [-0.15, -0.1) is 6.42 Å². The molecule has 0 aromatic heterocycles. The SMILES string of the molecule is C#Cc1ccc2c(c1)C(C)(C)CC(OC(=O)[C@@H](N)C(C)C)S2.